The molecule has 1 aliphatic rings. The monoisotopic (exact) mass is 240 g/mol. The van der Waals surface area contributed by atoms with Crippen molar-refractivity contribution in [1.29, 1.82) is 0 Å². The summed E-state index contributed by atoms with van der Waals surface area (Å²) in [7, 11) is 0. The van der Waals surface area contributed by atoms with Crippen molar-refractivity contribution in [2.24, 2.45) is 11.7 Å². The molecular formula is C13H18F2N2. The number of halogens is 2. The first-order chi connectivity index (χ1) is 7.99. The molecule has 2 rings (SSSR count). The number of rotatable bonds is 2. The minimum atomic E-state index is -2.54. The molecule has 1 saturated carbocycles. The van der Waals surface area contributed by atoms with E-state index in [0.717, 1.165) is 17.5 Å². The Bertz CT molecular complexity index is 393. The van der Waals surface area contributed by atoms with Crippen molar-refractivity contribution in [1.82, 2.24) is 4.98 Å². The lowest BCUT2D eigenvalue weighted by Crippen LogP contribution is -2.33. The van der Waals surface area contributed by atoms with E-state index in [9.17, 15) is 8.78 Å². The predicted molar refractivity (Wildman–Crippen MR) is 62.8 cm³/mol. The first-order valence-electron chi connectivity index (χ1n) is 6.03. The lowest BCUT2D eigenvalue weighted by Gasteiger charge is -2.33. The maximum absolute atomic E-state index is 13.4. The second-order valence-electron chi connectivity index (χ2n) is 4.97. The summed E-state index contributed by atoms with van der Waals surface area (Å²) >= 11 is 0. The average molecular weight is 240 g/mol. The van der Waals surface area contributed by atoms with E-state index in [4.69, 9.17) is 5.73 Å². The van der Waals surface area contributed by atoms with Gasteiger partial charge in [0.2, 0.25) is 5.92 Å². The van der Waals surface area contributed by atoms with Gasteiger partial charge in [-0.25, -0.2) is 8.78 Å². The van der Waals surface area contributed by atoms with Gasteiger partial charge in [-0.1, -0.05) is 0 Å². The Balaban J connectivity index is 2.15. The van der Waals surface area contributed by atoms with Crippen molar-refractivity contribution < 1.29 is 8.78 Å². The van der Waals surface area contributed by atoms with E-state index in [1.54, 1.807) is 12.4 Å². The van der Waals surface area contributed by atoms with Crippen LogP contribution in [-0.2, 0) is 0 Å². The summed E-state index contributed by atoms with van der Waals surface area (Å²) < 4.78 is 26.7. The maximum atomic E-state index is 13.4. The highest BCUT2D eigenvalue weighted by atomic mass is 19.3. The van der Waals surface area contributed by atoms with Crippen LogP contribution in [0.4, 0.5) is 8.78 Å². The van der Waals surface area contributed by atoms with Crippen LogP contribution in [0.2, 0.25) is 0 Å². The third-order valence-electron chi connectivity index (χ3n) is 3.62. The Labute approximate surface area is 100 Å². The van der Waals surface area contributed by atoms with Crippen LogP contribution in [0.1, 0.15) is 42.9 Å². The molecule has 4 heteroatoms. The number of aromatic nitrogens is 1. The standard InChI is InChI=1S/C13H18F2N2/c1-9-4-6-17-8-11(9)12(16)10-3-2-5-13(14,15)7-10/h4,6,8,10,12H,2-3,5,7,16H2,1H3. The molecule has 1 aliphatic carbocycles. The normalized spacial score (nSPS) is 25.5. The molecule has 0 bridgehead atoms. The van der Waals surface area contributed by atoms with E-state index < -0.39 is 5.92 Å². The van der Waals surface area contributed by atoms with Crippen molar-refractivity contribution in [2.75, 3.05) is 0 Å². The molecular weight excluding hydrogens is 222 g/mol. The van der Waals surface area contributed by atoms with Gasteiger partial charge in [0.25, 0.3) is 0 Å². The first-order valence-corrected chi connectivity index (χ1v) is 6.03. The van der Waals surface area contributed by atoms with E-state index in [-0.39, 0.29) is 24.8 Å². The molecule has 1 aromatic heterocycles. The quantitative estimate of drug-likeness (QED) is 0.862. The van der Waals surface area contributed by atoms with E-state index in [0.29, 0.717) is 6.42 Å². The minimum Gasteiger partial charge on any atom is -0.324 e. The fraction of sp³-hybridized carbons (Fsp3) is 0.615. The molecule has 1 fully saturated rings. The Morgan fingerprint density at radius 2 is 2.29 bits per heavy atom. The molecule has 17 heavy (non-hydrogen) atoms. The van der Waals surface area contributed by atoms with Gasteiger partial charge < -0.3 is 5.73 Å². The van der Waals surface area contributed by atoms with E-state index in [1.807, 2.05) is 13.0 Å². The van der Waals surface area contributed by atoms with E-state index >= 15 is 0 Å². The van der Waals surface area contributed by atoms with Crippen LogP contribution in [0.5, 0.6) is 0 Å². The molecule has 0 radical (unpaired) electrons. The topological polar surface area (TPSA) is 38.9 Å². The van der Waals surface area contributed by atoms with Crippen molar-refractivity contribution in [2.45, 2.75) is 44.6 Å². The number of nitrogens with zero attached hydrogens (tertiary/aromatic N) is 1. The molecule has 1 aromatic rings. The van der Waals surface area contributed by atoms with Crippen LogP contribution in [0.25, 0.3) is 0 Å². The Morgan fingerprint density at radius 1 is 1.53 bits per heavy atom. The lowest BCUT2D eigenvalue weighted by atomic mass is 9.79. The predicted octanol–water partition coefficient (Wildman–Crippen LogP) is 3.22. The Kier molecular flexibility index (Phi) is 3.43. The number of pyridine rings is 1. The van der Waals surface area contributed by atoms with Gasteiger partial charge >= 0.3 is 0 Å². The zero-order valence-corrected chi connectivity index (χ0v) is 10.00. The van der Waals surface area contributed by atoms with Crippen molar-refractivity contribution >= 4 is 0 Å². The van der Waals surface area contributed by atoms with Crippen molar-refractivity contribution in [3.05, 3.63) is 29.6 Å². The molecule has 0 saturated heterocycles. The minimum absolute atomic E-state index is 0.00222. The van der Waals surface area contributed by atoms with Crippen LogP contribution >= 0.6 is 0 Å². The van der Waals surface area contributed by atoms with Crippen LogP contribution in [0.15, 0.2) is 18.5 Å². The Morgan fingerprint density at radius 3 is 2.94 bits per heavy atom. The van der Waals surface area contributed by atoms with Crippen LogP contribution in [-0.4, -0.2) is 10.9 Å². The molecule has 2 N–H and O–H groups in total. The fourth-order valence-corrected chi connectivity index (χ4v) is 2.60. The van der Waals surface area contributed by atoms with Crippen LogP contribution in [0, 0.1) is 12.8 Å². The largest absolute Gasteiger partial charge is 0.324 e. The van der Waals surface area contributed by atoms with Crippen molar-refractivity contribution in [3.8, 4) is 0 Å². The van der Waals surface area contributed by atoms with Gasteiger partial charge in [-0.3, -0.25) is 4.98 Å². The lowest BCUT2D eigenvalue weighted by molar-refractivity contribution is -0.0564. The zero-order chi connectivity index (χ0) is 12.5. The Hall–Kier alpha value is -1.03. The third-order valence-corrected chi connectivity index (χ3v) is 3.62. The summed E-state index contributed by atoms with van der Waals surface area (Å²) in [6, 6.07) is 1.55. The first kappa shape index (κ1) is 12.4. The van der Waals surface area contributed by atoms with Gasteiger partial charge in [0.05, 0.1) is 0 Å². The highest BCUT2D eigenvalue weighted by molar-refractivity contribution is 5.25. The van der Waals surface area contributed by atoms with E-state index in [2.05, 4.69) is 4.98 Å². The number of nitrogens with two attached hydrogens (primary N) is 1. The molecule has 2 atom stereocenters. The molecule has 0 amide bonds. The van der Waals surface area contributed by atoms with Gasteiger partial charge in [0.15, 0.2) is 0 Å². The molecule has 94 valence electrons. The van der Waals surface area contributed by atoms with Gasteiger partial charge in [0.1, 0.15) is 0 Å². The smallest absolute Gasteiger partial charge is 0.248 e. The van der Waals surface area contributed by atoms with Crippen LogP contribution in [0.3, 0.4) is 0 Å². The molecule has 1 heterocycles. The van der Waals surface area contributed by atoms with E-state index in [1.165, 1.54) is 0 Å². The van der Waals surface area contributed by atoms with Crippen molar-refractivity contribution in [3.63, 3.8) is 0 Å². The summed E-state index contributed by atoms with van der Waals surface area (Å²) in [4.78, 5) is 4.03. The molecule has 2 nitrogen and oxygen atoms in total. The summed E-state index contributed by atoms with van der Waals surface area (Å²) in [6.07, 6.45) is 4.65. The third kappa shape index (κ3) is 2.80. The van der Waals surface area contributed by atoms with Gasteiger partial charge in [-0.15, -0.1) is 0 Å². The summed E-state index contributed by atoms with van der Waals surface area (Å²) in [6.45, 7) is 1.94. The molecule has 0 aromatic carbocycles. The average Bonchev–Trinajstić information content (AvgIpc) is 2.27. The number of hydrogen-bond acceptors (Lipinski definition) is 2. The second kappa shape index (κ2) is 4.69. The van der Waals surface area contributed by atoms with Crippen LogP contribution < -0.4 is 5.73 Å². The highest BCUT2D eigenvalue weighted by Gasteiger charge is 2.38. The second-order valence-corrected chi connectivity index (χ2v) is 4.97. The zero-order valence-electron chi connectivity index (χ0n) is 10.00. The maximum Gasteiger partial charge on any atom is 0.248 e. The van der Waals surface area contributed by atoms with Gasteiger partial charge in [-0.05, 0) is 42.9 Å². The SMILES string of the molecule is Cc1ccncc1C(N)C1CCCC(F)(F)C1. The fourth-order valence-electron chi connectivity index (χ4n) is 2.60. The molecule has 0 aliphatic heterocycles. The van der Waals surface area contributed by atoms with Gasteiger partial charge in [0, 0.05) is 31.3 Å². The highest BCUT2D eigenvalue weighted by Crippen LogP contribution is 2.41. The number of aryl methyl sites for hydroxylation is 1. The summed E-state index contributed by atoms with van der Waals surface area (Å²) in [5.74, 6) is -2.68. The molecule has 0 spiro atoms. The molecule has 2 unspecified atom stereocenters. The number of alkyl halides is 2. The summed E-state index contributed by atoms with van der Waals surface area (Å²) in [5, 5.41) is 0. The van der Waals surface area contributed by atoms with Gasteiger partial charge in [-0.2, -0.15) is 0 Å². The summed E-state index contributed by atoms with van der Waals surface area (Å²) in [5.41, 5.74) is 8.05. The number of hydrogen-bond donors (Lipinski definition) is 1.